The molecule has 0 bridgehead atoms. The zero-order valence-electron chi connectivity index (χ0n) is 8.82. The predicted octanol–water partition coefficient (Wildman–Crippen LogP) is 2.37. The lowest BCUT2D eigenvalue weighted by Crippen LogP contribution is -2.19. The molecule has 6 nitrogen and oxygen atoms in total. The molecule has 0 aliphatic rings. The Morgan fingerprint density at radius 2 is 2.11 bits per heavy atom. The fourth-order valence-electron chi connectivity index (χ4n) is 1.14. The van der Waals surface area contributed by atoms with Gasteiger partial charge in [0.2, 0.25) is 5.75 Å². The van der Waals surface area contributed by atoms with Gasteiger partial charge in [-0.3, -0.25) is 0 Å². The molecule has 0 amide bonds. The molecule has 0 atom stereocenters. The monoisotopic (exact) mass is 270 g/mol. The fraction of sp³-hybridized carbons (Fsp3) is 0.375. The van der Waals surface area contributed by atoms with Crippen LogP contribution in [-0.2, 0) is 6.67 Å². The number of rotatable bonds is 4. The van der Waals surface area contributed by atoms with Gasteiger partial charge in [0, 0.05) is 16.6 Å². The molecule has 0 spiro atoms. The standard InChI is InChI=1S/C8H6F4N2O4/c1-17-6-4(3-9)2-5(14(15)16)13-7(6)18-8(10,11)12/h2H,3H2,1H3. The normalized spacial score (nSPS) is 11.2. The number of halogens is 4. The molecule has 1 aromatic heterocycles. The van der Waals surface area contributed by atoms with Gasteiger partial charge in [-0.25, -0.2) is 4.39 Å². The van der Waals surface area contributed by atoms with Gasteiger partial charge in [-0.1, -0.05) is 0 Å². The van der Waals surface area contributed by atoms with E-state index in [0.29, 0.717) is 6.07 Å². The summed E-state index contributed by atoms with van der Waals surface area (Å²) < 4.78 is 56.6. The zero-order valence-corrected chi connectivity index (χ0v) is 8.82. The molecule has 18 heavy (non-hydrogen) atoms. The van der Waals surface area contributed by atoms with Crippen molar-refractivity contribution in [2.75, 3.05) is 7.11 Å². The average molecular weight is 270 g/mol. The second kappa shape index (κ2) is 5.02. The summed E-state index contributed by atoms with van der Waals surface area (Å²) in [6.07, 6.45) is -5.12. The van der Waals surface area contributed by atoms with Gasteiger partial charge in [-0.15, -0.1) is 13.2 Å². The molecule has 1 rings (SSSR count). The topological polar surface area (TPSA) is 74.5 Å². The lowest BCUT2D eigenvalue weighted by atomic mass is 10.2. The van der Waals surface area contributed by atoms with Crippen LogP contribution in [0.4, 0.5) is 23.4 Å². The van der Waals surface area contributed by atoms with Crippen molar-refractivity contribution in [3.8, 4) is 11.6 Å². The number of nitrogens with zero attached hydrogens (tertiary/aromatic N) is 2. The summed E-state index contributed by atoms with van der Waals surface area (Å²) >= 11 is 0. The third-order valence-corrected chi connectivity index (χ3v) is 1.75. The molecule has 0 aliphatic carbocycles. The van der Waals surface area contributed by atoms with Crippen LogP contribution in [0.15, 0.2) is 6.07 Å². The first-order chi connectivity index (χ1) is 8.28. The van der Waals surface area contributed by atoms with Crippen LogP contribution in [0.25, 0.3) is 0 Å². The van der Waals surface area contributed by atoms with Crippen LogP contribution in [-0.4, -0.2) is 23.4 Å². The number of hydrogen-bond donors (Lipinski definition) is 0. The number of nitro groups is 1. The van der Waals surface area contributed by atoms with Crippen molar-refractivity contribution in [3.05, 3.63) is 21.7 Å². The number of alkyl halides is 4. The molecule has 0 aliphatic heterocycles. The number of pyridine rings is 1. The van der Waals surface area contributed by atoms with E-state index in [9.17, 15) is 27.7 Å². The van der Waals surface area contributed by atoms with Crippen molar-refractivity contribution < 1.29 is 32.0 Å². The highest BCUT2D eigenvalue weighted by atomic mass is 19.4. The molecule has 100 valence electrons. The lowest BCUT2D eigenvalue weighted by molar-refractivity contribution is -0.390. The largest absolute Gasteiger partial charge is 0.575 e. The minimum Gasteiger partial charge on any atom is -0.489 e. The summed E-state index contributed by atoms with van der Waals surface area (Å²) in [6, 6.07) is 0.669. The number of aromatic nitrogens is 1. The Labute approximate surface area is 97.3 Å². The predicted molar refractivity (Wildman–Crippen MR) is 48.9 cm³/mol. The van der Waals surface area contributed by atoms with Gasteiger partial charge in [-0.05, 0) is 4.92 Å². The molecular formula is C8H6F4N2O4. The number of ether oxygens (including phenoxy) is 2. The molecule has 0 fully saturated rings. The third-order valence-electron chi connectivity index (χ3n) is 1.75. The summed E-state index contributed by atoms with van der Waals surface area (Å²) in [5.74, 6) is -2.81. The van der Waals surface area contributed by atoms with E-state index in [1.165, 1.54) is 0 Å². The molecule has 1 aromatic rings. The molecule has 0 aromatic carbocycles. The molecule has 0 saturated carbocycles. The van der Waals surface area contributed by atoms with Gasteiger partial charge in [0.25, 0.3) is 0 Å². The first-order valence-corrected chi connectivity index (χ1v) is 4.32. The van der Waals surface area contributed by atoms with E-state index in [2.05, 4.69) is 14.5 Å². The maximum atomic E-state index is 12.6. The van der Waals surface area contributed by atoms with Crippen LogP contribution in [0.3, 0.4) is 0 Å². The Balaban J connectivity index is 3.35. The second-order valence-electron chi connectivity index (χ2n) is 2.92. The minimum absolute atomic E-state index is 0.460. The summed E-state index contributed by atoms with van der Waals surface area (Å²) in [5, 5.41) is 10.4. The van der Waals surface area contributed by atoms with Crippen LogP contribution in [0.2, 0.25) is 0 Å². The van der Waals surface area contributed by atoms with Gasteiger partial charge in [0.1, 0.15) is 6.67 Å². The Morgan fingerprint density at radius 3 is 2.50 bits per heavy atom. The van der Waals surface area contributed by atoms with E-state index >= 15 is 0 Å². The summed E-state index contributed by atoms with van der Waals surface area (Å²) in [5.41, 5.74) is -0.460. The van der Waals surface area contributed by atoms with Crippen LogP contribution >= 0.6 is 0 Å². The van der Waals surface area contributed by atoms with E-state index in [0.717, 1.165) is 7.11 Å². The summed E-state index contributed by atoms with van der Waals surface area (Å²) in [6.45, 7) is -1.26. The van der Waals surface area contributed by atoms with Gasteiger partial charge in [0.15, 0.2) is 0 Å². The van der Waals surface area contributed by atoms with Crippen molar-refractivity contribution in [1.29, 1.82) is 0 Å². The van der Waals surface area contributed by atoms with Crippen LogP contribution in [0, 0.1) is 10.1 Å². The van der Waals surface area contributed by atoms with Crippen LogP contribution in [0.1, 0.15) is 5.56 Å². The smallest absolute Gasteiger partial charge is 0.489 e. The minimum atomic E-state index is -5.12. The lowest BCUT2D eigenvalue weighted by Gasteiger charge is -2.10. The molecule has 0 unspecified atom stereocenters. The molecular weight excluding hydrogens is 264 g/mol. The highest BCUT2D eigenvalue weighted by Gasteiger charge is 2.37. The van der Waals surface area contributed by atoms with Crippen molar-refractivity contribution >= 4 is 5.82 Å². The van der Waals surface area contributed by atoms with E-state index < -0.39 is 41.0 Å². The number of methoxy groups -OCH3 is 1. The Hall–Kier alpha value is -2.13. The second-order valence-corrected chi connectivity index (χ2v) is 2.92. The quantitative estimate of drug-likeness (QED) is 0.477. The Morgan fingerprint density at radius 1 is 1.50 bits per heavy atom. The maximum absolute atomic E-state index is 12.6. The Kier molecular flexibility index (Phi) is 3.89. The summed E-state index contributed by atoms with van der Waals surface area (Å²) in [4.78, 5) is 12.4. The van der Waals surface area contributed by atoms with E-state index in [-0.39, 0.29) is 0 Å². The number of hydrogen-bond acceptors (Lipinski definition) is 5. The molecule has 0 N–H and O–H groups in total. The van der Waals surface area contributed by atoms with Gasteiger partial charge in [-0.2, -0.15) is 0 Å². The highest BCUT2D eigenvalue weighted by Crippen LogP contribution is 2.36. The fourth-order valence-corrected chi connectivity index (χ4v) is 1.14. The van der Waals surface area contributed by atoms with Crippen molar-refractivity contribution in [1.82, 2.24) is 4.98 Å². The highest BCUT2D eigenvalue weighted by molar-refractivity contribution is 5.46. The van der Waals surface area contributed by atoms with E-state index in [1.54, 1.807) is 0 Å². The molecule has 0 saturated heterocycles. The molecule has 10 heteroatoms. The molecule has 0 radical (unpaired) electrons. The first kappa shape index (κ1) is 13.9. The van der Waals surface area contributed by atoms with Gasteiger partial charge in [0.05, 0.1) is 7.11 Å². The Bertz CT molecular complexity index is 463. The van der Waals surface area contributed by atoms with Crippen molar-refractivity contribution in [3.63, 3.8) is 0 Å². The average Bonchev–Trinajstić information content (AvgIpc) is 2.25. The van der Waals surface area contributed by atoms with Crippen LogP contribution in [0.5, 0.6) is 11.6 Å². The summed E-state index contributed by atoms with van der Waals surface area (Å²) in [7, 11) is 0.964. The van der Waals surface area contributed by atoms with E-state index in [1.807, 2.05) is 0 Å². The van der Waals surface area contributed by atoms with E-state index in [4.69, 9.17) is 0 Å². The SMILES string of the molecule is COc1c(CF)cc([N+](=O)[O-])nc1OC(F)(F)F. The molecule has 1 heterocycles. The first-order valence-electron chi connectivity index (χ1n) is 4.32. The maximum Gasteiger partial charge on any atom is 0.575 e. The van der Waals surface area contributed by atoms with Crippen molar-refractivity contribution in [2.24, 2.45) is 0 Å². The van der Waals surface area contributed by atoms with Crippen LogP contribution < -0.4 is 9.47 Å². The van der Waals surface area contributed by atoms with Crippen molar-refractivity contribution in [2.45, 2.75) is 13.0 Å². The third kappa shape index (κ3) is 3.18. The van der Waals surface area contributed by atoms with Gasteiger partial charge >= 0.3 is 18.1 Å². The zero-order chi connectivity index (χ0) is 13.9. The van der Waals surface area contributed by atoms with Gasteiger partial charge < -0.3 is 19.6 Å².